The molecule has 0 heterocycles. The highest BCUT2D eigenvalue weighted by atomic mass is 17.2. The summed E-state index contributed by atoms with van der Waals surface area (Å²) < 4.78 is 0. The van der Waals surface area contributed by atoms with Crippen LogP contribution in [0.2, 0.25) is 0 Å². The van der Waals surface area contributed by atoms with Crippen molar-refractivity contribution in [2.75, 3.05) is 0 Å². The molecule has 0 aliphatic rings. The van der Waals surface area contributed by atoms with Gasteiger partial charge in [-0.15, -0.1) is 6.58 Å². The second kappa shape index (κ2) is 7.91. The van der Waals surface area contributed by atoms with Crippen LogP contribution in [0.5, 0.6) is 5.75 Å². The van der Waals surface area contributed by atoms with E-state index in [-0.39, 0.29) is 5.75 Å². The zero-order chi connectivity index (χ0) is 14.1. The Morgan fingerprint density at radius 3 is 2.42 bits per heavy atom. The minimum atomic E-state index is -1.43. The van der Waals surface area contributed by atoms with Gasteiger partial charge < -0.3 is 5.11 Å². The summed E-state index contributed by atoms with van der Waals surface area (Å²) in [6, 6.07) is 7.03. The Morgan fingerprint density at radius 2 is 1.84 bits per heavy atom. The maximum absolute atomic E-state index is 9.62. The van der Waals surface area contributed by atoms with Crippen LogP contribution in [0, 0.1) is 0 Å². The summed E-state index contributed by atoms with van der Waals surface area (Å²) in [6.07, 6.45) is 3.95. The van der Waals surface area contributed by atoms with Gasteiger partial charge in [0.05, 0.1) is 0 Å². The molecule has 0 aromatic heterocycles. The number of rotatable bonds is 9. The number of para-hydroxylation sites is 1. The van der Waals surface area contributed by atoms with Crippen molar-refractivity contribution < 1.29 is 25.4 Å². The number of allylic oxidation sites excluding steroid dienone is 1. The maximum atomic E-state index is 9.62. The van der Waals surface area contributed by atoms with Gasteiger partial charge in [-0.1, -0.05) is 24.3 Å². The summed E-state index contributed by atoms with van der Waals surface area (Å²) in [4.78, 5) is 8.55. The van der Waals surface area contributed by atoms with Gasteiger partial charge in [-0.3, -0.25) is 0 Å². The number of hydrogen-bond acceptors (Lipinski definition) is 5. The molecule has 5 heteroatoms. The van der Waals surface area contributed by atoms with Crippen LogP contribution >= 0.6 is 0 Å². The van der Waals surface area contributed by atoms with Crippen LogP contribution in [-0.2, 0) is 16.2 Å². The number of phenolic OH excluding ortho intramolecular Hbond substituents is 1. The number of aromatic hydroxyl groups is 1. The molecular weight excluding hydrogens is 248 g/mol. The van der Waals surface area contributed by atoms with Crippen LogP contribution < -0.4 is 0 Å². The lowest BCUT2D eigenvalue weighted by Gasteiger charge is -2.26. The molecule has 1 aromatic carbocycles. The summed E-state index contributed by atoms with van der Waals surface area (Å²) in [5.41, 5.74) is 0.802. The van der Waals surface area contributed by atoms with Crippen molar-refractivity contribution in [1.82, 2.24) is 0 Å². The standard InChI is InChI=1S/C14H20O5/c1-2-3-10-14(18-16,19-17)11-6-8-12-7-4-5-9-13(12)15/h2,4-5,7,9,15-17H,1,3,6,8,10-11H2. The van der Waals surface area contributed by atoms with Crippen LogP contribution in [0.3, 0.4) is 0 Å². The molecule has 19 heavy (non-hydrogen) atoms. The summed E-state index contributed by atoms with van der Waals surface area (Å²) in [7, 11) is 0. The fraction of sp³-hybridized carbons (Fsp3) is 0.429. The van der Waals surface area contributed by atoms with Crippen LogP contribution in [0.4, 0.5) is 0 Å². The molecule has 3 N–H and O–H groups in total. The lowest BCUT2D eigenvalue weighted by Crippen LogP contribution is -2.34. The zero-order valence-electron chi connectivity index (χ0n) is 10.8. The predicted molar refractivity (Wildman–Crippen MR) is 70.6 cm³/mol. The van der Waals surface area contributed by atoms with E-state index in [0.29, 0.717) is 32.1 Å². The van der Waals surface area contributed by atoms with Crippen molar-refractivity contribution in [3.63, 3.8) is 0 Å². The quantitative estimate of drug-likeness (QED) is 0.277. The third-order valence-corrected chi connectivity index (χ3v) is 3.06. The van der Waals surface area contributed by atoms with Gasteiger partial charge in [-0.05, 0) is 30.9 Å². The number of aryl methyl sites for hydroxylation is 1. The monoisotopic (exact) mass is 268 g/mol. The zero-order valence-corrected chi connectivity index (χ0v) is 10.8. The Labute approximate surface area is 112 Å². The summed E-state index contributed by atoms with van der Waals surface area (Å²) in [5.74, 6) is -1.20. The molecular formula is C14H20O5. The summed E-state index contributed by atoms with van der Waals surface area (Å²) in [6.45, 7) is 3.56. The second-order valence-electron chi connectivity index (χ2n) is 4.40. The highest BCUT2D eigenvalue weighted by molar-refractivity contribution is 5.31. The second-order valence-corrected chi connectivity index (χ2v) is 4.40. The molecule has 0 spiro atoms. The molecule has 0 radical (unpaired) electrons. The van der Waals surface area contributed by atoms with E-state index in [4.69, 9.17) is 10.5 Å². The van der Waals surface area contributed by atoms with E-state index in [0.717, 1.165) is 5.56 Å². The minimum absolute atomic E-state index is 0.231. The first-order valence-electron chi connectivity index (χ1n) is 6.20. The Morgan fingerprint density at radius 1 is 1.16 bits per heavy atom. The molecule has 106 valence electrons. The van der Waals surface area contributed by atoms with Gasteiger partial charge in [0.25, 0.3) is 0 Å². The first-order chi connectivity index (χ1) is 9.17. The first-order valence-corrected chi connectivity index (χ1v) is 6.20. The molecule has 0 saturated carbocycles. The maximum Gasteiger partial charge on any atom is 0.233 e. The first kappa shape index (κ1) is 15.7. The fourth-order valence-electron chi connectivity index (χ4n) is 1.92. The lowest BCUT2D eigenvalue weighted by atomic mass is 10.00. The van der Waals surface area contributed by atoms with Gasteiger partial charge in [0, 0.05) is 12.8 Å². The van der Waals surface area contributed by atoms with Gasteiger partial charge in [-0.2, -0.15) is 0 Å². The molecule has 0 unspecified atom stereocenters. The van der Waals surface area contributed by atoms with Gasteiger partial charge >= 0.3 is 0 Å². The van der Waals surface area contributed by atoms with E-state index in [1.807, 2.05) is 12.1 Å². The van der Waals surface area contributed by atoms with Crippen LogP contribution in [0.25, 0.3) is 0 Å². The Bertz CT molecular complexity index is 387. The Kier molecular flexibility index (Phi) is 6.52. The largest absolute Gasteiger partial charge is 0.508 e. The topological polar surface area (TPSA) is 79.2 Å². The molecule has 5 nitrogen and oxygen atoms in total. The normalized spacial score (nSPS) is 11.5. The fourth-order valence-corrected chi connectivity index (χ4v) is 1.92. The van der Waals surface area contributed by atoms with Gasteiger partial charge in [0.15, 0.2) is 0 Å². The Balaban J connectivity index is 2.52. The van der Waals surface area contributed by atoms with Gasteiger partial charge in [-0.25, -0.2) is 20.3 Å². The average Bonchev–Trinajstić information content (AvgIpc) is 2.45. The molecule has 0 atom stereocenters. The van der Waals surface area contributed by atoms with E-state index < -0.39 is 5.79 Å². The van der Waals surface area contributed by atoms with E-state index in [1.165, 1.54) is 0 Å². The van der Waals surface area contributed by atoms with Crippen LogP contribution in [0.1, 0.15) is 31.2 Å². The molecule has 0 saturated heterocycles. The third-order valence-electron chi connectivity index (χ3n) is 3.06. The van der Waals surface area contributed by atoms with Crippen molar-refractivity contribution in [2.24, 2.45) is 0 Å². The highest BCUT2D eigenvalue weighted by Crippen LogP contribution is 2.26. The van der Waals surface area contributed by atoms with Crippen molar-refractivity contribution in [2.45, 2.75) is 37.9 Å². The molecule has 0 aliphatic carbocycles. The number of benzene rings is 1. The molecule has 0 amide bonds. The van der Waals surface area contributed by atoms with Crippen molar-refractivity contribution >= 4 is 0 Å². The van der Waals surface area contributed by atoms with Crippen molar-refractivity contribution in [3.8, 4) is 5.75 Å². The lowest BCUT2D eigenvalue weighted by molar-refractivity contribution is -0.489. The van der Waals surface area contributed by atoms with E-state index >= 15 is 0 Å². The third kappa shape index (κ3) is 4.65. The number of hydrogen-bond donors (Lipinski definition) is 3. The van der Waals surface area contributed by atoms with E-state index in [2.05, 4.69) is 16.4 Å². The van der Waals surface area contributed by atoms with Crippen molar-refractivity contribution in [1.29, 1.82) is 0 Å². The minimum Gasteiger partial charge on any atom is -0.508 e. The predicted octanol–water partition coefficient (Wildman–Crippen LogP) is 3.36. The Hall–Kier alpha value is -1.40. The summed E-state index contributed by atoms with van der Waals surface area (Å²) >= 11 is 0. The average molecular weight is 268 g/mol. The van der Waals surface area contributed by atoms with E-state index in [1.54, 1.807) is 18.2 Å². The van der Waals surface area contributed by atoms with E-state index in [9.17, 15) is 5.11 Å². The molecule has 0 aliphatic heterocycles. The molecule has 1 aromatic rings. The summed E-state index contributed by atoms with van der Waals surface area (Å²) in [5, 5.41) is 27.4. The molecule has 1 rings (SSSR count). The number of phenols is 1. The van der Waals surface area contributed by atoms with Gasteiger partial charge in [0.1, 0.15) is 5.75 Å². The molecule has 0 fully saturated rings. The van der Waals surface area contributed by atoms with Crippen LogP contribution in [-0.4, -0.2) is 21.4 Å². The van der Waals surface area contributed by atoms with Gasteiger partial charge in [0.2, 0.25) is 5.79 Å². The molecule has 0 bridgehead atoms. The van der Waals surface area contributed by atoms with Crippen molar-refractivity contribution in [3.05, 3.63) is 42.5 Å². The smallest absolute Gasteiger partial charge is 0.233 e. The highest BCUT2D eigenvalue weighted by Gasteiger charge is 2.32. The SMILES string of the molecule is C=CCCC(CCCc1ccccc1O)(OO)OO. The van der Waals surface area contributed by atoms with Crippen LogP contribution in [0.15, 0.2) is 36.9 Å².